The molecule has 1 saturated heterocycles. The van der Waals surface area contributed by atoms with E-state index >= 15 is 0 Å². The quantitative estimate of drug-likeness (QED) is 0.435. The number of alkyl halides is 5. The van der Waals surface area contributed by atoms with E-state index < -0.39 is 42.5 Å². The first-order valence-corrected chi connectivity index (χ1v) is 6.99. The van der Waals surface area contributed by atoms with Crippen molar-refractivity contribution in [2.75, 3.05) is 6.54 Å². The number of guanidine groups is 1. The average molecular weight is 349 g/mol. The SMILES string of the molecule is N=C(N)N1CCC(F)(F)CC1C(N)=Nc1ccc(C(F)(F)F)cc1. The largest absolute Gasteiger partial charge is 0.416 e. The molecule has 1 heterocycles. The molecule has 0 saturated carbocycles. The highest BCUT2D eigenvalue weighted by atomic mass is 19.4. The standard InChI is InChI=1S/C14H16F5N5/c15-13(16)5-6-24(12(21)22)10(7-13)11(20)23-9-3-1-8(2-4-9)14(17,18)19/h1-4,10H,5-7H2,(H2,20,23)(H3,21,22). The van der Waals surface area contributed by atoms with Crippen LogP contribution in [0.1, 0.15) is 18.4 Å². The fraction of sp³-hybridized carbons (Fsp3) is 0.429. The number of aliphatic imine (C=N–C) groups is 1. The van der Waals surface area contributed by atoms with Crippen molar-refractivity contribution in [3.8, 4) is 0 Å². The minimum Gasteiger partial charge on any atom is -0.385 e. The number of likely N-dealkylation sites (tertiary alicyclic amines) is 1. The van der Waals surface area contributed by atoms with Gasteiger partial charge in [0.15, 0.2) is 5.96 Å². The molecule has 5 nitrogen and oxygen atoms in total. The molecule has 132 valence electrons. The minimum atomic E-state index is -4.48. The molecule has 0 aliphatic carbocycles. The molecule has 1 aromatic carbocycles. The number of nitrogens with two attached hydrogens (primary N) is 2. The predicted molar refractivity (Wildman–Crippen MR) is 79.3 cm³/mol. The molecule has 1 unspecified atom stereocenters. The lowest BCUT2D eigenvalue weighted by Crippen LogP contribution is -2.56. The van der Waals surface area contributed by atoms with Crippen LogP contribution in [0.4, 0.5) is 27.6 Å². The molecule has 0 spiro atoms. The number of amidine groups is 1. The van der Waals surface area contributed by atoms with Gasteiger partial charge in [-0.2, -0.15) is 13.2 Å². The van der Waals surface area contributed by atoms with Crippen molar-refractivity contribution >= 4 is 17.5 Å². The van der Waals surface area contributed by atoms with E-state index in [2.05, 4.69) is 4.99 Å². The third-order valence-corrected chi connectivity index (χ3v) is 3.69. The van der Waals surface area contributed by atoms with Gasteiger partial charge in [0, 0.05) is 19.4 Å². The molecule has 0 amide bonds. The van der Waals surface area contributed by atoms with Crippen LogP contribution >= 0.6 is 0 Å². The average Bonchev–Trinajstić information content (AvgIpc) is 2.45. The van der Waals surface area contributed by atoms with Crippen LogP contribution in [0.5, 0.6) is 0 Å². The molecule has 1 fully saturated rings. The van der Waals surface area contributed by atoms with Crippen LogP contribution < -0.4 is 11.5 Å². The highest BCUT2D eigenvalue weighted by Crippen LogP contribution is 2.33. The first-order valence-electron chi connectivity index (χ1n) is 6.99. The molecule has 5 N–H and O–H groups in total. The van der Waals surface area contributed by atoms with E-state index in [0.717, 1.165) is 24.3 Å². The summed E-state index contributed by atoms with van der Waals surface area (Å²) in [6, 6.07) is 2.74. The van der Waals surface area contributed by atoms with Gasteiger partial charge in [0.05, 0.1) is 17.3 Å². The van der Waals surface area contributed by atoms with Gasteiger partial charge in [-0.15, -0.1) is 0 Å². The lowest BCUT2D eigenvalue weighted by Gasteiger charge is -2.39. The maximum absolute atomic E-state index is 13.6. The van der Waals surface area contributed by atoms with Crippen molar-refractivity contribution in [1.82, 2.24) is 4.90 Å². The summed E-state index contributed by atoms with van der Waals surface area (Å²) in [7, 11) is 0. The molecule has 1 aromatic rings. The number of piperidine rings is 1. The summed E-state index contributed by atoms with van der Waals surface area (Å²) in [5, 5.41) is 7.44. The van der Waals surface area contributed by atoms with E-state index in [4.69, 9.17) is 16.9 Å². The Morgan fingerprint density at radius 1 is 1.21 bits per heavy atom. The Morgan fingerprint density at radius 2 is 1.79 bits per heavy atom. The molecule has 1 atom stereocenters. The van der Waals surface area contributed by atoms with Crippen molar-refractivity contribution in [1.29, 1.82) is 5.41 Å². The topological polar surface area (TPSA) is 91.5 Å². The molecule has 0 radical (unpaired) electrons. The number of benzene rings is 1. The number of halogens is 5. The zero-order valence-corrected chi connectivity index (χ0v) is 12.4. The molecule has 0 bridgehead atoms. The third-order valence-electron chi connectivity index (χ3n) is 3.69. The molecular weight excluding hydrogens is 333 g/mol. The number of rotatable bonds is 2. The predicted octanol–water partition coefficient (Wildman–Crippen LogP) is 2.69. The van der Waals surface area contributed by atoms with E-state index in [9.17, 15) is 22.0 Å². The van der Waals surface area contributed by atoms with Crippen LogP contribution in [-0.4, -0.2) is 35.2 Å². The van der Waals surface area contributed by atoms with Crippen LogP contribution in [0.25, 0.3) is 0 Å². The fourth-order valence-electron chi connectivity index (χ4n) is 2.44. The molecule has 1 aliphatic rings. The van der Waals surface area contributed by atoms with Crippen molar-refractivity contribution in [2.45, 2.75) is 31.0 Å². The Labute approximate surface area is 134 Å². The van der Waals surface area contributed by atoms with Gasteiger partial charge < -0.3 is 16.4 Å². The summed E-state index contributed by atoms with van der Waals surface area (Å²) in [5.41, 5.74) is 10.4. The third kappa shape index (κ3) is 4.12. The summed E-state index contributed by atoms with van der Waals surface area (Å²) in [4.78, 5) is 5.10. The van der Waals surface area contributed by atoms with Crippen molar-refractivity contribution in [3.63, 3.8) is 0 Å². The van der Waals surface area contributed by atoms with Crippen LogP contribution in [0.2, 0.25) is 0 Å². The molecular formula is C14H16F5N5. The zero-order valence-electron chi connectivity index (χ0n) is 12.4. The lowest BCUT2D eigenvalue weighted by atomic mass is 9.98. The van der Waals surface area contributed by atoms with Gasteiger partial charge in [0.25, 0.3) is 5.92 Å². The van der Waals surface area contributed by atoms with E-state index in [0.29, 0.717) is 0 Å². The van der Waals surface area contributed by atoms with Gasteiger partial charge in [-0.05, 0) is 24.3 Å². The van der Waals surface area contributed by atoms with Crippen molar-refractivity contribution < 1.29 is 22.0 Å². The second-order valence-corrected chi connectivity index (χ2v) is 5.49. The smallest absolute Gasteiger partial charge is 0.385 e. The maximum atomic E-state index is 13.6. The van der Waals surface area contributed by atoms with Crippen LogP contribution in [0.15, 0.2) is 29.3 Å². The summed E-state index contributed by atoms with van der Waals surface area (Å²) < 4.78 is 64.7. The van der Waals surface area contributed by atoms with E-state index in [1.165, 1.54) is 4.90 Å². The molecule has 24 heavy (non-hydrogen) atoms. The molecule has 10 heteroatoms. The van der Waals surface area contributed by atoms with Gasteiger partial charge in [0.1, 0.15) is 5.84 Å². The second-order valence-electron chi connectivity index (χ2n) is 5.49. The Balaban J connectivity index is 2.25. The normalized spacial score (nSPS) is 21.6. The van der Waals surface area contributed by atoms with Crippen LogP contribution in [-0.2, 0) is 6.18 Å². The minimum absolute atomic E-state index is 0.0953. The number of nitrogens with one attached hydrogen (secondary N) is 1. The van der Waals surface area contributed by atoms with Crippen molar-refractivity contribution in [2.24, 2.45) is 16.5 Å². The van der Waals surface area contributed by atoms with Crippen molar-refractivity contribution in [3.05, 3.63) is 29.8 Å². The Morgan fingerprint density at radius 3 is 2.29 bits per heavy atom. The van der Waals surface area contributed by atoms with Gasteiger partial charge in [-0.25, -0.2) is 13.8 Å². The Bertz CT molecular complexity index is 638. The van der Waals surface area contributed by atoms with E-state index in [1.807, 2.05) is 0 Å². The first kappa shape index (κ1) is 18.0. The number of hydrogen-bond donors (Lipinski definition) is 3. The monoisotopic (exact) mass is 349 g/mol. The lowest BCUT2D eigenvalue weighted by molar-refractivity contribution is -0.137. The van der Waals surface area contributed by atoms with Gasteiger partial charge >= 0.3 is 6.18 Å². The molecule has 2 rings (SSSR count). The van der Waals surface area contributed by atoms with Gasteiger partial charge in [-0.3, -0.25) is 5.41 Å². The Hall–Kier alpha value is -2.39. The Kier molecular flexibility index (Phi) is 4.68. The summed E-state index contributed by atoms with van der Waals surface area (Å²) in [6.07, 6.45) is -5.61. The first-order chi connectivity index (χ1) is 11.0. The molecule has 0 aromatic heterocycles. The number of nitrogens with zero attached hydrogens (tertiary/aromatic N) is 2. The van der Waals surface area contributed by atoms with E-state index in [1.54, 1.807) is 0 Å². The summed E-state index contributed by atoms with van der Waals surface area (Å²) in [6.45, 7) is -0.157. The van der Waals surface area contributed by atoms with Gasteiger partial charge in [0.2, 0.25) is 0 Å². The van der Waals surface area contributed by atoms with Crippen LogP contribution in [0, 0.1) is 5.41 Å². The highest BCUT2D eigenvalue weighted by Gasteiger charge is 2.42. The van der Waals surface area contributed by atoms with E-state index in [-0.39, 0.29) is 18.1 Å². The second kappa shape index (κ2) is 6.25. The van der Waals surface area contributed by atoms with Gasteiger partial charge in [-0.1, -0.05) is 0 Å². The summed E-state index contributed by atoms with van der Waals surface area (Å²) >= 11 is 0. The summed E-state index contributed by atoms with van der Waals surface area (Å²) in [5.74, 6) is -3.62. The number of hydrogen-bond acceptors (Lipinski definition) is 2. The zero-order chi connectivity index (χ0) is 18.1. The molecule has 1 aliphatic heterocycles. The maximum Gasteiger partial charge on any atom is 0.416 e. The fourth-order valence-corrected chi connectivity index (χ4v) is 2.44. The van der Waals surface area contributed by atoms with Crippen LogP contribution in [0.3, 0.4) is 0 Å². The highest BCUT2D eigenvalue weighted by molar-refractivity contribution is 5.92.